The lowest BCUT2D eigenvalue weighted by Gasteiger charge is -2.34. The van der Waals surface area contributed by atoms with Crippen molar-refractivity contribution in [2.24, 2.45) is 5.92 Å². The number of hydrogen-bond acceptors (Lipinski definition) is 3. The maximum atomic E-state index is 12.7. The standard InChI is InChI=1S/C14H18FNO2S/c1-16(8-10-6-12(17)7-10)14(18)9-19-13-4-2-11(15)3-5-13/h2-5,10,12,17H,6-9H2,1H3. The molecule has 0 aliphatic heterocycles. The van der Waals surface area contributed by atoms with Crippen LogP contribution in [0.2, 0.25) is 0 Å². The van der Waals surface area contributed by atoms with E-state index in [1.165, 1.54) is 23.9 Å². The summed E-state index contributed by atoms with van der Waals surface area (Å²) in [6, 6.07) is 6.14. The molecule has 1 aliphatic rings. The molecule has 0 atom stereocenters. The SMILES string of the molecule is CN(CC1CC(O)C1)C(=O)CSc1ccc(F)cc1. The highest BCUT2D eigenvalue weighted by Crippen LogP contribution is 2.28. The van der Waals surface area contributed by atoms with E-state index >= 15 is 0 Å². The first kappa shape index (κ1) is 14.3. The number of nitrogens with zero attached hydrogens (tertiary/aromatic N) is 1. The molecule has 0 spiro atoms. The van der Waals surface area contributed by atoms with Crippen LogP contribution >= 0.6 is 11.8 Å². The number of hydrogen-bond donors (Lipinski definition) is 1. The van der Waals surface area contributed by atoms with E-state index in [0.29, 0.717) is 18.2 Å². The molecule has 0 bridgehead atoms. The number of carbonyl (C=O) groups is 1. The molecule has 1 aromatic carbocycles. The Bertz CT molecular complexity index is 432. The van der Waals surface area contributed by atoms with Gasteiger partial charge in [-0.3, -0.25) is 4.79 Å². The van der Waals surface area contributed by atoms with Gasteiger partial charge in [-0.2, -0.15) is 0 Å². The Morgan fingerprint density at radius 3 is 2.63 bits per heavy atom. The summed E-state index contributed by atoms with van der Waals surface area (Å²) in [7, 11) is 1.79. The van der Waals surface area contributed by atoms with E-state index in [4.69, 9.17) is 0 Å². The molecule has 0 radical (unpaired) electrons. The topological polar surface area (TPSA) is 40.5 Å². The zero-order valence-corrected chi connectivity index (χ0v) is 11.7. The molecule has 3 nitrogen and oxygen atoms in total. The highest BCUT2D eigenvalue weighted by Gasteiger charge is 2.28. The first-order valence-corrected chi connectivity index (χ1v) is 7.33. The predicted octanol–water partition coefficient (Wildman–Crippen LogP) is 2.15. The van der Waals surface area contributed by atoms with Crippen LogP contribution in [0.15, 0.2) is 29.2 Å². The number of carbonyl (C=O) groups excluding carboxylic acids is 1. The summed E-state index contributed by atoms with van der Waals surface area (Å²) in [5.41, 5.74) is 0. The minimum absolute atomic E-state index is 0.0655. The van der Waals surface area contributed by atoms with E-state index in [2.05, 4.69) is 0 Å². The van der Waals surface area contributed by atoms with Gasteiger partial charge in [-0.1, -0.05) is 0 Å². The molecule has 19 heavy (non-hydrogen) atoms. The van der Waals surface area contributed by atoms with Crippen molar-refractivity contribution >= 4 is 17.7 Å². The van der Waals surface area contributed by atoms with Gasteiger partial charge in [0.2, 0.25) is 5.91 Å². The van der Waals surface area contributed by atoms with Gasteiger partial charge in [0.25, 0.3) is 0 Å². The third-order valence-corrected chi connectivity index (χ3v) is 4.34. The average Bonchev–Trinajstić information content (AvgIpc) is 2.35. The summed E-state index contributed by atoms with van der Waals surface area (Å²) < 4.78 is 12.7. The van der Waals surface area contributed by atoms with Crippen LogP contribution in [-0.4, -0.2) is 41.4 Å². The van der Waals surface area contributed by atoms with E-state index in [9.17, 15) is 14.3 Å². The zero-order chi connectivity index (χ0) is 13.8. The van der Waals surface area contributed by atoms with Crippen LogP contribution < -0.4 is 0 Å². The number of rotatable bonds is 5. The Kier molecular flexibility index (Phi) is 4.82. The molecule has 1 aliphatic carbocycles. The second kappa shape index (κ2) is 6.39. The van der Waals surface area contributed by atoms with E-state index < -0.39 is 0 Å². The van der Waals surface area contributed by atoms with Gasteiger partial charge in [-0.05, 0) is 43.0 Å². The Balaban J connectivity index is 1.72. The van der Waals surface area contributed by atoms with Crippen molar-refractivity contribution < 1.29 is 14.3 Å². The predicted molar refractivity (Wildman–Crippen MR) is 73.5 cm³/mol. The molecule has 1 N–H and O–H groups in total. The molecule has 1 fully saturated rings. The van der Waals surface area contributed by atoms with Gasteiger partial charge < -0.3 is 10.0 Å². The van der Waals surface area contributed by atoms with E-state index in [1.54, 1.807) is 24.1 Å². The van der Waals surface area contributed by atoms with E-state index in [1.807, 2.05) is 0 Å². The van der Waals surface area contributed by atoms with Crippen molar-refractivity contribution in [1.82, 2.24) is 4.90 Å². The van der Waals surface area contributed by atoms with Crippen LogP contribution in [0.4, 0.5) is 4.39 Å². The Labute approximate surface area is 116 Å². The molecule has 1 amide bonds. The largest absolute Gasteiger partial charge is 0.393 e. The van der Waals surface area contributed by atoms with Gasteiger partial charge in [-0.15, -0.1) is 11.8 Å². The number of aliphatic hydroxyl groups excluding tert-OH is 1. The maximum Gasteiger partial charge on any atom is 0.232 e. The highest BCUT2D eigenvalue weighted by atomic mass is 32.2. The van der Waals surface area contributed by atoms with Crippen LogP contribution in [0.25, 0.3) is 0 Å². The zero-order valence-electron chi connectivity index (χ0n) is 10.9. The molecule has 1 saturated carbocycles. The summed E-state index contributed by atoms with van der Waals surface area (Å²) in [6.07, 6.45) is 1.41. The Hall–Kier alpha value is -1.07. The van der Waals surface area contributed by atoms with Crippen molar-refractivity contribution in [2.75, 3.05) is 19.3 Å². The van der Waals surface area contributed by atoms with Crippen molar-refractivity contribution in [1.29, 1.82) is 0 Å². The lowest BCUT2D eigenvalue weighted by molar-refractivity contribution is -0.128. The van der Waals surface area contributed by atoms with Crippen molar-refractivity contribution in [3.8, 4) is 0 Å². The third kappa shape index (κ3) is 4.21. The molecule has 0 aromatic heterocycles. The maximum absolute atomic E-state index is 12.7. The number of benzene rings is 1. The lowest BCUT2D eigenvalue weighted by atomic mass is 9.82. The van der Waals surface area contributed by atoms with Crippen molar-refractivity contribution in [2.45, 2.75) is 23.8 Å². The summed E-state index contributed by atoms with van der Waals surface area (Å²) in [5.74, 6) is 0.587. The van der Waals surface area contributed by atoms with E-state index in [-0.39, 0.29) is 17.8 Å². The van der Waals surface area contributed by atoms with Gasteiger partial charge in [-0.25, -0.2) is 4.39 Å². The third-order valence-electron chi connectivity index (χ3n) is 3.34. The van der Waals surface area contributed by atoms with Gasteiger partial charge >= 0.3 is 0 Å². The fourth-order valence-electron chi connectivity index (χ4n) is 2.12. The summed E-state index contributed by atoms with van der Waals surface area (Å²) in [6.45, 7) is 0.708. The lowest BCUT2D eigenvalue weighted by Crippen LogP contribution is -2.40. The molecule has 0 heterocycles. The molecule has 0 saturated heterocycles. The minimum atomic E-state index is -0.267. The number of halogens is 1. The van der Waals surface area contributed by atoms with Crippen LogP contribution in [-0.2, 0) is 4.79 Å². The van der Waals surface area contributed by atoms with Crippen LogP contribution in [0, 0.1) is 11.7 Å². The molecule has 0 unspecified atom stereocenters. The summed E-state index contributed by atoms with van der Waals surface area (Å²) in [5, 5.41) is 9.21. The normalized spacial score (nSPS) is 21.8. The Morgan fingerprint density at radius 1 is 1.42 bits per heavy atom. The monoisotopic (exact) mass is 283 g/mol. The van der Waals surface area contributed by atoms with Crippen LogP contribution in [0.5, 0.6) is 0 Å². The van der Waals surface area contributed by atoms with Crippen molar-refractivity contribution in [3.63, 3.8) is 0 Å². The fraction of sp³-hybridized carbons (Fsp3) is 0.500. The van der Waals surface area contributed by atoms with Gasteiger partial charge in [0.1, 0.15) is 5.82 Å². The second-order valence-corrected chi connectivity index (χ2v) is 6.06. The number of amides is 1. The summed E-state index contributed by atoms with van der Waals surface area (Å²) >= 11 is 1.41. The first-order chi connectivity index (χ1) is 9.04. The fourth-order valence-corrected chi connectivity index (χ4v) is 2.96. The van der Waals surface area contributed by atoms with Gasteiger partial charge in [0, 0.05) is 18.5 Å². The van der Waals surface area contributed by atoms with Crippen LogP contribution in [0.1, 0.15) is 12.8 Å². The Morgan fingerprint density at radius 2 is 2.05 bits per heavy atom. The molecular weight excluding hydrogens is 265 g/mol. The molecular formula is C14H18FNO2S. The van der Waals surface area contributed by atoms with Crippen molar-refractivity contribution in [3.05, 3.63) is 30.1 Å². The number of aliphatic hydroxyl groups is 1. The molecule has 104 valence electrons. The second-order valence-electron chi connectivity index (χ2n) is 5.01. The van der Waals surface area contributed by atoms with Gasteiger partial charge in [0.15, 0.2) is 0 Å². The molecule has 5 heteroatoms. The smallest absolute Gasteiger partial charge is 0.232 e. The van der Waals surface area contributed by atoms with E-state index in [0.717, 1.165) is 17.7 Å². The molecule has 1 aromatic rings. The van der Waals surface area contributed by atoms with Gasteiger partial charge in [0.05, 0.1) is 11.9 Å². The quantitative estimate of drug-likeness (QED) is 0.842. The highest BCUT2D eigenvalue weighted by molar-refractivity contribution is 8.00. The minimum Gasteiger partial charge on any atom is -0.393 e. The summed E-state index contributed by atoms with van der Waals surface area (Å²) in [4.78, 5) is 14.5. The molecule has 2 rings (SSSR count). The first-order valence-electron chi connectivity index (χ1n) is 6.35. The average molecular weight is 283 g/mol. The number of thioether (sulfide) groups is 1. The van der Waals surface area contributed by atoms with Crippen LogP contribution in [0.3, 0.4) is 0 Å².